The van der Waals surface area contributed by atoms with Gasteiger partial charge in [0, 0.05) is 6.42 Å². The average molecular weight is 423 g/mol. The van der Waals surface area contributed by atoms with E-state index in [1.54, 1.807) is 48.5 Å². The van der Waals surface area contributed by atoms with Gasteiger partial charge in [0.2, 0.25) is 0 Å². The molecular weight excluding hydrogens is 401 g/mol. The highest BCUT2D eigenvalue weighted by Gasteiger charge is 2.21. The first-order valence-electron chi connectivity index (χ1n) is 9.66. The summed E-state index contributed by atoms with van der Waals surface area (Å²) in [6.07, 6.45) is -0.638. The van der Waals surface area contributed by atoms with E-state index in [-0.39, 0.29) is 18.8 Å². The van der Waals surface area contributed by atoms with Crippen molar-refractivity contribution in [1.82, 2.24) is 5.32 Å². The number of rotatable bonds is 9. The molecule has 0 saturated carbocycles. The zero-order valence-electron chi connectivity index (χ0n) is 16.7. The van der Waals surface area contributed by atoms with Crippen LogP contribution in [-0.2, 0) is 29.2 Å². The first-order valence-corrected chi connectivity index (χ1v) is 9.66. The van der Waals surface area contributed by atoms with Gasteiger partial charge in [-0.05, 0) is 41.0 Å². The summed E-state index contributed by atoms with van der Waals surface area (Å²) in [6, 6.07) is 21.0. The van der Waals surface area contributed by atoms with Gasteiger partial charge in [0.05, 0.1) is 0 Å². The van der Waals surface area contributed by atoms with Crippen molar-refractivity contribution in [3.63, 3.8) is 0 Å². The third kappa shape index (κ3) is 7.15. The van der Waals surface area contributed by atoms with Crippen LogP contribution < -0.4 is 10.1 Å². The van der Waals surface area contributed by atoms with Crippen LogP contribution in [0.5, 0.6) is 5.75 Å². The zero-order valence-corrected chi connectivity index (χ0v) is 16.7. The molecule has 0 radical (unpaired) electrons. The highest BCUT2D eigenvalue weighted by molar-refractivity contribution is 5.80. The van der Waals surface area contributed by atoms with Crippen LogP contribution in [0.2, 0.25) is 0 Å². The Balaban J connectivity index is 1.45. The lowest BCUT2D eigenvalue weighted by atomic mass is 10.1. The lowest BCUT2D eigenvalue weighted by Crippen LogP contribution is -2.42. The van der Waals surface area contributed by atoms with Gasteiger partial charge in [-0.25, -0.2) is 14.0 Å². The molecular formula is C24H22FNO5. The Morgan fingerprint density at radius 3 is 2.06 bits per heavy atom. The van der Waals surface area contributed by atoms with Crippen molar-refractivity contribution in [3.05, 3.63) is 101 Å². The molecule has 0 aliphatic heterocycles. The number of ether oxygens (including phenoxy) is 2. The van der Waals surface area contributed by atoms with E-state index in [9.17, 15) is 19.1 Å². The molecule has 0 saturated heterocycles. The minimum Gasteiger partial charge on any atom is -0.489 e. The van der Waals surface area contributed by atoms with Crippen molar-refractivity contribution in [2.75, 3.05) is 0 Å². The van der Waals surface area contributed by atoms with Gasteiger partial charge in [-0.3, -0.25) is 0 Å². The van der Waals surface area contributed by atoms with E-state index in [4.69, 9.17) is 9.47 Å². The molecule has 31 heavy (non-hydrogen) atoms. The second kappa shape index (κ2) is 10.8. The number of carboxylic acids is 1. The second-order valence-electron chi connectivity index (χ2n) is 6.86. The number of carbonyl (C=O) groups is 2. The Labute approximate surface area is 179 Å². The zero-order chi connectivity index (χ0) is 22.1. The molecule has 1 amide bonds. The second-order valence-corrected chi connectivity index (χ2v) is 6.86. The molecule has 6 nitrogen and oxygen atoms in total. The van der Waals surface area contributed by atoms with Gasteiger partial charge in [0.25, 0.3) is 0 Å². The van der Waals surface area contributed by atoms with E-state index >= 15 is 0 Å². The number of hydrogen-bond acceptors (Lipinski definition) is 4. The van der Waals surface area contributed by atoms with E-state index < -0.39 is 18.1 Å². The maximum Gasteiger partial charge on any atom is 0.408 e. The molecule has 1 atom stereocenters. The smallest absolute Gasteiger partial charge is 0.408 e. The molecule has 0 aliphatic carbocycles. The SMILES string of the molecule is O=C(NC(Cc1ccccc1)C(=O)O)OCc1ccc(COc2ccc(F)cc2)cc1. The van der Waals surface area contributed by atoms with Crippen LogP contribution in [0.1, 0.15) is 16.7 Å². The summed E-state index contributed by atoms with van der Waals surface area (Å²) in [6.45, 7) is 0.315. The Hall–Kier alpha value is -3.87. The minimum atomic E-state index is -1.13. The number of nitrogens with one attached hydrogen (secondary N) is 1. The van der Waals surface area contributed by atoms with Crippen molar-refractivity contribution in [2.45, 2.75) is 25.7 Å². The number of benzene rings is 3. The fourth-order valence-electron chi connectivity index (χ4n) is 2.81. The summed E-state index contributed by atoms with van der Waals surface area (Å²) >= 11 is 0. The maximum atomic E-state index is 12.9. The number of halogens is 1. The lowest BCUT2D eigenvalue weighted by molar-refractivity contribution is -0.139. The highest BCUT2D eigenvalue weighted by atomic mass is 19.1. The van der Waals surface area contributed by atoms with Crippen LogP contribution in [0.3, 0.4) is 0 Å². The van der Waals surface area contributed by atoms with Crippen LogP contribution in [0, 0.1) is 5.82 Å². The van der Waals surface area contributed by atoms with Crippen molar-refractivity contribution in [2.24, 2.45) is 0 Å². The monoisotopic (exact) mass is 423 g/mol. The number of hydrogen-bond donors (Lipinski definition) is 2. The lowest BCUT2D eigenvalue weighted by Gasteiger charge is -2.15. The molecule has 160 valence electrons. The summed E-state index contributed by atoms with van der Waals surface area (Å²) in [5, 5.41) is 11.7. The normalized spacial score (nSPS) is 11.4. The summed E-state index contributed by atoms with van der Waals surface area (Å²) in [4.78, 5) is 23.5. The molecule has 0 fully saturated rings. The highest BCUT2D eigenvalue weighted by Crippen LogP contribution is 2.14. The fourth-order valence-corrected chi connectivity index (χ4v) is 2.81. The Morgan fingerprint density at radius 1 is 0.839 bits per heavy atom. The summed E-state index contributed by atoms with van der Waals surface area (Å²) in [5.74, 6) is -0.893. The van der Waals surface area contributed by atoms with Crippen LogP contribution in [0.25, 0.3) is 0 Å². The van der Waals surface area contributed by atoms with Gasteiger partial charge < -0.3 is 19.9 Å². The van der Waals surface area contributed by atoms with Crippen molar-refractivity contribution >= 4 is 12.1 Å². The summed E-state index contributed by atoms with van der Waals surface area (Å²) in [7, 11) is 0. The third-order valence-corrected chi connectivity index (χ3v) is 4.48. The molecule has 7 heteroatoms. The largest absolute Gasteiger partial charge is 0.489 e. The molecule has 3 aromatic rings. The molecule has 0 heterocycles. The Morgan fingerprint density at radius 2 is 1.45 bits per heavy atom. The minimum absolute atomic E-state index is 0.00259. The van der Waals surface area contributed by atoms with Gasteiger partial charge >= 0.3 is 12.1 Å². The molecule has 0 spiro atoms. The molecule has 1 unspecified atom stereocenters. The van der Waals surface area contributed by atoms with E-state index in [1.165, 1.54) is 12.1 Å². The van der Waals surface area contributed by atoms with E-state index in [1.807, 2.05) is 18.2 Å². The molecule has 0 aromatic heterocycles. The van der Waals surface area contributed by atoms with Crippen molar-refractivity contribution < 1.29 is 28.6 Å². The van der Waals surface area contributed by atoms with Crippen LogP contribution >= 0.6 is 0 Å². The maximum absolute atomic E-state index is 12.9. The first-order chi connectivity index (χ1) is 15.0. The molecule has 3 rings (SSSR count). The third-order valence-electron chi connectivity index (χ3n) is 4.48. The van der Waals surface area contributed by atoms with Gasteiger partial charge in [-0.15, -0.1) is 0 Å². The van der Waals surface area contributed by atoms with Gasteiger partial charge in [-0.1, -0.05) is 54.6 Å². The predicted octanol–water partition coefficient (Wildman–Crippen LogP) is 4.33. The number of amides is 1. The topological polar surface area (TPSA) is 84.9 Å². The quantitative estimate of drug-likeness (QED) is 0.535. The predicted molar refractivity (Wildman–Crippen MR) is 112 cm³/mol. The number of alkyl carbamates (subject to hydrolysis) is 1. The molecule has 3 aromatic carbocycles. The fraction of sp³-hybridized carbons (Fsp3) is 0.167. The van der Waals surface area contributed by atoms with E-state index in [0.29, 0.717) is 12.4 Å². The van der Waals surface area contributed by atoms with Gasteiger partial charge in [0.15, 0.2) is 0 Å². The van der Waals surface area contributed by atoms with E-state index in [0.717, 1.165) is 16.7 Å². The van der Waals surface area contributed by atoms with E-state index in [2.05, 4.69) is 5.32 Å². The van der Waals surface area contributed by atoms with Gasteiger partial charge in [-0.2, -0.15) is 0 Å². The van der Waals surface area contributed by atoms with Crippen LogP contribution in [0.15, 0.2) is 78.9 Å². The summed E-state index contributed by atoms with van der Waals surface area (Å²) < 4.78 is 23.6. The molecule has 0 aliphatic rings. The average Bonchev–Trinajstić information content (AvgIpc) is 2.78. The summed E-state index contributed by atoms with van der Waals surface area (Å²) in [5.41, 5.74) is 2.44. The standard InChI is InChI=1S/C24H22FNO5/c25-20-10-12-21(13-11-20)30-15-18-6-8-19(9-7-18)16-31-24(29)26-22(23(27)28)14-17-4-2-1-3-5-17/h1-13,22H,14-16H2,(H,26,29)(H,27,28). The van der Waals surface area contributed by atoms with Gasteiger partial charge in [0.1, 0.15) is 30.8 Å². The Kier molecular flexibility index (Phi) is 7.59. The molecule has 2 N–H and O–H groups in total. The van der Waals surface area contributed by atoms with Crippen LogP contribution in [-0.4, -0.2) is 23.2 Å². The molecule has 0 bridgehead atoms. The first kappa shape index (κ1) is 21.8. The van der Waals surface area contributed by atoms with Crippen molar-refractivity contribution in [3.8, 4) is 5.75 Å². The number of carboxylic acid groups (broad SMARTS) is 1. The van der Waals surface area contributed by atoms with Crippen LogP contribution in [0.4, 0.5) is 9.18 Å². The Bertz CT molecular complexity index is 991. The number of aliphatic carboxylic acids is 1. The number of carbonyl (C=O) groups excluding carboxylic acids is 1. The van der Waals surface area contributed by atoms with Crippen molar-refractivity contribution in [1.29, 1.82) is 0 Å².